The number of hydrogen-bond donors (Lipinski definition) is 0. The number of sulfonamides is 1. The molecule has 1 atom stereocenters. The molecule has 2 aliphatic heterocycles. The molecule has 2 aliphatic rings. The lowest BCUT2D eigenvalue weighted by Crippen LogP contribution is -2.52. The fourth-order valence-corrected chi connectivity index (χ4v) is 6.08. The van der Waals surface area contributed by atoms with Crippen LogP contribution in [0.3, 0.4) is 0 Å². The number of esters is 1. The van der Waals surface area contributed by atoms with E-state index in [0.717, 1.165) is 5.56 Å². The summed E-state index contributed by atoms with van der Waals surface area (Å²) in [6.07, 6.45) is 0.0961. The minimum atomic E-state index is -3.86. The lowest BCUT2D eigenvalue weighted by Gasteiger charge is -2.36. The van der Waals surface area contributed by atoms with Crippen molar-refractivity contribution >= 4 is 33.7 Å². The first-order chi connectivity index (χ1) is 16.3. The monoisotopic (exact) mass is 508 g/mol. The standard InChI is InChI=1S/C23H25ClN2O7S/c1-31-20-8-7-17(24)13-21(20)34(29,30)25-11-9-18(10-12-25)26-19(15-33-23(26)28)22(27)32-14-16-5-3-2-4-6-16/h2-8,13,18-19H,9-12,14-15H2,1H3/t19-/m0/s1. The molecular formula is C23H25ClN2O7S. The molecule has 34 heavy (non-hydrogen) atoms. The van der Waals surface area contributed by atoms with Gasteiger partial charge in [0.15, 0.2) is 6.04 Å². The van der Waals surface area contributed by atoms with E-state index >= 15 is 0 Å². The molecule has 0 unspecified atom stereocenters. The Kier molecular flexibility index (Phi) is 7.30. The largest absolute Gasteiger partial charge is 0.495 e. The number of hydrogen-bond acceptors (Lipinski definition) is 7. The van der Waals surface area contributed by atoms with Crippen LogP contribution in [0.2, 0.25) is 5.02 Å². The van der Waals surface area contributed by atoms with Gasteiger partial charge in [0, 0.05) is 24.2 Å². The molecule has 2 heterocycles. The Morgan fingerprint density at radius 2 is 1.85 bits per heavy atom. The third-order valence-corrected chi connectivity index (χ3v) is 8.12. The Labute approximate surface area is 203 Å². The zero-order chi connectivity index (χ0) is 24.3. The molecule has 2 aromatic rings. The number of nitrogens with zero attached hydrogens (tertiary/aromatic N) is 2. The lowest BCUT2D eigenvalue weighted by atomic mass is 10.0. The molecule has 0 aromatic heterocycles. The number of halogens is 1. The van der Waals surface area contributed by atoms with E-state index in [1.54, 1.807) is 6.07 Å². The number of carbonyl (C=O) groups excluding carboxylic acids is 2. The second kappa shape index (κ2) is 10.2. The first-order valence-corrected chi connectivity index (χ1v) is 12.6. The number of ether oxygens (including phenoxy) is 3. The van der Waals surface area contributed by atoms with Crippen LogP contribution in [-0.2, 0) is 30.9 Å². The van der Waals surface area contributed by atoms with Gasteiger partial charge in [-0.2, -0.15) is 4.31 Å². The highest BCUT2D eigenvalue weighted by Crippen LogP contribution is 2.32. The molecule has 0 N–H and O–H groups in total. The maximum absolute atomic E-state index is 13.2. The predicted molar refractivity (Wildman–Crippen MR) is 123 cm³/mol. The van der Waals surface area contributed by atoms with E-state index in [2.05, 4.69) is 0 Å². The second-order valence-corrected chi connectivity index (χ2v) is 10.4. The first-order valence-electron chi connectivity index (χ1n) is 10.8. The highest BCUT2D eigenvalue weighted by molar-refractivity contribution is 7.89. The number of carbonyl (C=O) groups is 2. The van der Waals surface area contributed by atoms with E-state index < -0.39 is 28.1 Å². The maximum atomic E-state index is 13.2. The van der Waals surface area contributed by atoms with Crippen LogP contribution in [0.4, 0.5) is 4.79 Å². The summed E-state index contributed by atoms with van der Waals surface area (Å²) in [4.78, 5) is 26.5. The van der Waals surface area contributed by atoms with E-state index in [0.29, 0.717) is 12.8 Å². The van der Waals surface area contributed by atoms with Gasteiger partial charge in [-0.1, -0.05) is 41.9 Å². The number of rotatable bonds is 7. The molecular weight excluding hydrogens is 484 g/mol. The summed E-state index contributed by atoms with van der Waals surface area (Å²) in [6.45, 7) is 0.331. The fourth-order valence-electron chi connectivity index (χ4n) is 4.19. The van der Waals surface area contributed by atoms with Crippen molar-refractivity contribution in [3.05, 3.63) is 59.1 Å². The summed E-state index contributed by atoms with van der Waals surface area (Å²) in [5.74, 6) is -0.343. The quantitative estimate of drug-likeness (QED) is 0.529. The molecule has 2 saturated heterocycles. The second-order valence-electron chi connectivity index (χ2n) is 8.02. The van der Waals surface area contributed by atoms with E-state index in [4.69, 9.17) is 25.8 Å². The molecule has 11 heteroatoms. The van der Waals surface area contributed by atoms with E-state index in [9.17, 15) is 18.0 Å². The average Bonchev–Trinajstić information content (AvgIpc) is 3.24. The van der Waals surface area contributed by atoms with Gasteiger partial charge in [-0.25, -0.2) is 18.0 Å². The van der Waals surface area contributed by atoms with Crippen LogP contribution in [0.5, 0.6) is 5.75 Å². The summed E-state index contributed by atoms with van der Waals surface area (Å²) in [6, 6.07) is 12.4. The van der Waals surface area contributed by atoms with Gasteiger partial charge in [-0.05, 0) is 36.6 Å². The number of methoxy groups -OCH3 is 1. The average molecular weight is 509 g/mol. The summed E-state index contributed by atoms with van der Waals surface area (Å²) >= 11 is 6.01. The molecule has 0 spiro atoms. The molecule has 2 fully saturated rings. The van der Waals surface area contributed by atoms with Gasteiger partial charge < -0.3 is 14.2 Å². The summed E-state index contributed by atoms with van der Waals surface area (Å²) in [5.41, 5.74) is 0.836. The number of amides is 1. The van der Waals surface area contributed by atoms with Crippen molar-refractivity contribution in [3.8, 4) is 5.75 Å². The molecule has 9 nitrogen and oxygen atoms in total. The van der Waals surface area contributed by atoms with Crippen LogP contribution < -0.4 is 4.74 Å². The van der Waals surface area contributed by atoms with Gasteiger partial charge in [-0.15, -0.1) is 0 Å². The molecule has 0 radical (unpaired) electrons. The molecule has 2 aromatic carbocycles. The molecule has 0 saturated carbocycles. The smallest absolute Gasteiger partial charge is 0.410 e. The van der Waals surface area contributed by atoms with Crippen molar-refractivity contribution in [2.45, 2.75) is 36.4 Å². The van der Waals surface area contributed by atoms with Gasteiger partial charge in [-0.3, -0.25) is 4.90 Å². The van der Waals surface area contributed by atoms with Crippen molar-refractivity contribution in [1.29, 1.82) is 0 Å². The van der Waals surface area contributed by atoms with Crippen molar-refractivity contribution in [1.82, 2.24) is 9.21 Å². The van der Waals surface area contributed by atoms with Crippen LogP contribution in [0, 0.1) is 0 Å². The van der Waals surface area contributed by atoms with Crippen molar-refractivity contribution in [2.24, 2.45) is 0 Å². The predicted octanol–water partition coefficient (Wildman–Crippen LogP) is 3.07. The van der Waals surface area contributed by atoms with Crippen molar-refractivity contribution < 1.29 is 32.2 Å². The Balaban J connectivity index is 1.42. The SMILES string of the molecule is COc1ccc(Cl)cc1S(=O)(=O)N1CCC(N2C(=O)OC[C@H]2C(=O)OCc2ccccc2)CC1. The first kappa shape index (κ1) is 24.3. The Bertz CT molecular complexity index is 1150. The van der Waals surface area contributed by atoms with E-state index in [-0.39, 0.29) is 48.0 Å². The van der Waals surface area contributed by atoms with Gasteiger partial charge in [0.2, 0.25) is 10.0 Å². The molecule has 4 rings (SSSR count). The van der Waals surface area contributed by atoms with Crippen LogP contribution >= 0.6 is 11.6 Å². The normalized spacial score (nSPS) is 19.6. The lowest BCUT2D eigenvalue weighted by molar-refractivity contribution is -0.150. The summed E-state index contributed by atoms with van der Waals surface area (Å²) in [5, 5.41) is 0.283. The van der Waals surface area contributed by atoms with Gasteiger partial charge >= 0.3 is 12.1 Å². The third-order valence-electron chi connectivity index (χ3n) is 5.97. The Morgan fingerprint density at radius 1 is 1.15 bits per heavy atom. The molecule has 0 aliphatic carbocycles. The Hall–Kier alpha value is -2.82. The third kappa shape index (κ3) is 4.98. The van der Waals surface area contributed by atoms with Crippen molar-refractivity contribution in [3.63, 3.8) is 0 Å². The minimum Gasteiger partial charge on any atom is -0.495 e. The minimum absolute atomic E-state index is 0.0103. The van der Waals surface area contributed by atoms with Gasteiger partial charge in [0.25, 0.3) is 0 Å². The molecule has 1 amide bonds. The Morgan fingerprint density at radius 3 is 2.53 bits per heavy atom. The van der Waals surface area contributed by atoms with Crippen molar-refractivity contribution in [2.75, 3.05) is 26.8 Å². The fraction of sp³-hybridized carbons (Fsp3) is 0.391. The number of cyclic esters (lactones) is 1. The number of benzene rings is 2. The van der Waals surface area contributed by atoms with E-state index in [1.807, 2.05) is 30.3 Å². The molecule has 182 valence electrons. The van der Waals surface area contributed by atoms with Crippen LogP contribution in [-0.4, -0.2) is 68.6 Å². The summed E-state index contributed by atoms with van der Waals surface area (Å²) < 4.78 is 43.5. The summed E-state index contributed by atoms with van der Waals surface area (Å²) in [7, 11) is -2.47. The highest BCUT2D eigenvalue weighted by Gasteiger charge is 2.45. The van der Waals surface area contributed by atoms with Crippen LogP contribution in [0.25, 0.3) is 0 Å². The van der Waals surface area contributed by atoms with Gasteiger partial charge in [0.05, 0.1) is 7.11 Å². The van der Waals surface area contributed by atoms with Gasteiger partial charge in [0.1, 0.15) is 23.9 Å². The highest BCUT2D eigenvalue weighted by atomic mass is 35.5. The van der Waals surface area contributed by atoms with E-state index in [1.165, 1.54) is 28.4 Å². The van der Waals surface area contributed by atoms with Crippen LogP contribution in [0.1, 0.15) is 18.4 Å². The number of piperidine rings is 1. The maximum Gasteiger partial charge on any atom is 0.410 e. The van der Waals surface area contributed by atoms with Crippen LogP contribution in [0.15, 0.2) is 53.4 Å². The zero-order valence-corrected chi connectivity index (χ0v) is 20.1. The topological polar surface area (TPSA) is 102 Å². The zero-order valence-electron chi connectivity index (χ0n) is 18.6. The molecule has 0 bridgehead atoms.